The minimum absolute atomic E-state index is 0.170. The zero-order valence-corrected chi connectivity index (χ0v) is 26.8. The number of hydrogen-bond acceptors (Lipinski definition) is 4. The van der Waals surface area contributed by atoms with Crippen molar-refractivity contribution in [3.63, 3.8) is 0 Å². The monoisotopic (exact) mass is 562 g/mol. The number of anilines is 1. The fraction of sp³-hybridized carbons (Fsp3) is 0.500. The van der Waals surface area contributed by atoms with Gasteiger partial charge in [-0.2, -0.15) is 0 Å². The maximum Gasteiger partial charge on any atom is 0.146 e. The predicted octanol–water partition coefficient (Wildman–Crippen LogP) is 10.7. The van der Waals surface area contributed by atoms with Crippen LogP contribution in [0.4, 0.5) is 10.2 Å². The van der Waals surface area contributed by atoms with Gasteiger partial charge in [-0.3, -0.25) is 0 Å². The molecule has 2 heterocycles. The Kier molecular flexibility index (Phi) is 18.0. The Balaban J connectivity index is 0.000000489. The minimum Gasteiger partial charge on any atom is -0.355 e. The summed E-state index contributed by atoms with van der Waals surface area (Å²) < 4.78 is 13.8. The van der Waals surface area contributed by atoms with Crippen molar-refractivity contribution in [3.8, 4) is 0 Å². The summed E-state index contributed by atoms with van der Waals surface area (Å²) >= 11 is 0. The molecule has 3 rings (SSSR count). The van der Waals surface area contributed by atoms with Gasteiger partial charge in [0, 0.05) is 26.0 Å². The first-order valence-corrected chi connectivity index (χ1v) is 15.3. The Morgan fingerprint density at radius 1 is 1.07 bits per heavy atom. The van der Waals surface area contributed by atoms with E-state index in [4.69, 9.17) is 0 Å². The molecule has 0 spiro atoms. The van der Waals surface area contributed by atoms with E-state index in [9.17, 15) is 4.39 Å². The number of halogens is 1. The van der Waals surface area contributed by atoms with Crippen molar-refractivity contribution >= 4 is 17.2 Å². The van der Waals surface area contributed by atoms with Gasteiger partial charge in [0.15, 0.2) is 0 Å². The van der Waals surface area contributed by atoms with Gasteiger partial charge in [-0.05, 0) is 61.1 Å². The average Bonchev–Trinajstić information content (AvgIpc) is 2.96. The number of unbranched alkanes of at least 4 members (excludes halogenated alkanes) is 3. The Hall–Kier alpha value is -3.21. The van der Waals surface area contributed by atoms with Crippen molar-refractivity contribution in [1.29, 1.82) is 0 Å². The molecule has 1 N–H and O–H groups in total. The quantitative estimate of drug-likeness (QED) is 0.228. The molecule has 1 aliphatic carbocycles. The number of allylic oxidation sites excluding steroid dienone is 6. The summed E-state index contributed by atoms with van der Waals surface area (Å²) in [7, 11) is 1.99. The molecule has 1 fully saturated rings. The summed E-state index contributed by atoms with van der Waals surface area (Å²) in [5, 5.41) is 2.87. The molecular formula is C36H55FN4. The number of nitrogens with zero attached hydrogens (tertiary/aromatic N) is 3. The van der Waals surface area contributed by atoms with E-state index in [0.717, 1.165) is 40.9 Å². The highest BCUT2D eigenvalue weighted by molar-refractivity contribution is 5.96. The number of pyridine rings is 1. The van der Waals surface area contributed by atoms with Crippen molar-refractivity contribution in [1.82, 2.24) is 9.88 Å². The molecular weight excluding hydrogens is 507 g/mol. The Morgan fingerprint density at radius 3 is 2.15 bits per heavy atom. The molecule has 0 saturated heterocycles. The van der Waals surface area contributed by atoms with Crippen molar-refractivity contribution in [2.45, 2.75) is 92.9 Å². The number of amidine groups is 1. The summed E-state index contributed by atoms with van der Waals surface area (Å²) in [5.41, 5.74) is 3.17. The van der Waals surface area contributed by atoms with Crippen LogP contribution >= 0.6 is 0 Å². The maximum atomic E-state index is 13.8. The molecule has 1 aromatic heterocycles. The number of hydrogen-bond donors (Lipinski definition) is 1. The number of aromatic nitrogens is 1. The SMILES string of the molecule is C=C(C)/C=C\C1=NC=C(c2ccc(NC(=C)/C(F)=C\C=C/C)nc2)CN1C.CC1CCC(C)CC1.CCCCCC. The van der Waals surface area contributed by atoms with Gasteiger partial charge in [0.25, 0.3) is 0 Å². The average molecular weight is 563 g/mol. The van der Waals surface area contributed by atoms with Crippen LogP contribution in [0.15, 0.2) is 90.2 Å². The largest absolute Gasteiger partial charge is 0.355 e. The molecule has 226 valence electrons. The van der Waals surface area contributed by atoms with E-state index >= 15 is 0 Å². The van der Waals surface area contributed by atoms with Crippen molar-refractivity contribution in [2.24, 2.45) is 16.8 Å². The number of likely N-dealkylation sites (N-methyl/N-ethyl adjacent to an activating group) is 1. The van der Waals surface area contributed by atoms with Crippen molar-refractivity contribution in [2.75, 3.05) is 18.9 Å². The zero-order valence-electron chi connectivity index (χ0n) is 26.8. The third-order valence-corrected chi connectivity index (χ3v) is 7.07. The first kappa shape index (κ1) is 35.8. The van der Waals surface area contributed by atoms with Gasteiger partial charge < -0.3 is 10.2 Å². The van der Waals surface area contributed by atoms with Crippen LogP contribution in [0.2, 0.25) is 0 Å². The molecule has 0 radical (unpaired) electrons. The summed E-state index contributed by atoms with van der Waals surface area (Å²) in [5.74, 6) is 3.02. The molecule has 41 heavy (non-hydrogen) atoms. The highest BCUT2D eigenvalue weighted by Crippen LogP contribution is 2.27. The van der Waals surface area contributed by atoms with E-state index < -0.39 is 5.83 Å². The van der Waals surface area contributed by atoms with Crippen LogP contribution in [0.5, 0.6) is 0 Å². The normalized spacial score (nSPS) is 19.0. The van der Waals surface area contributed by atoms with Crippen LogP contribution in [0.1, 0.15) is 98.5 Å². The van der Waals surface area contributed by atoms with E-state index in [1.807, 2.05) is 45.3 Å². The minimum atomic E-state index is -0.430. The van der Waals surface area contributed by atoms with Crippen LogP contribution in [-0.2, 0) is 0 Å². The molecule has 0 bridgehead atoms. The summed E-state index contributed by atoms with van der Waals surface area (Å²) in [6.45, 7) is 21.2. The molecule has 1 saturated carbocycles. The van der Waals surface area contributed by atoms with Crippen LogP contribution in [0.3, 0.4) is 0 Å². The highest BCUT2D eigenvalue weighted by atomic mass is 19.1. The van der Waals surface area contributed by atoms with E-state index in [0.29, 0.717) is 5.82 Å². The molecule has 1 aliphatic heterocycles. The fourth-order valence-electron chi connectivity index (χ4n) is 4.25. The molecule has 4 nitrogen and oxygen atoms in total. The van der Waals surface area contributed by atoms with E-state index in [1.165, 1.54) is 57.4 Å². The van der Waals surface area contributed by atoms with Gasteiger partial charge in [0.05, 0.1) is 5.70 Å². The second kappa shape index (κ2) is 20.6. The molecule has 2 aliphatic rings. The van der Waals surface area contributed by atoms with Crippen molar-refractivity contribution in [3.05, 3.63) is 90.7 Å². The standard InChI is InChI=1S/C22H25FN4.C8H16.C6H14/c1-6-7-8-20(23)17(4)26-21-11-10-18(13-24-21)19-14-25-22(27(5)15-19)12-9-16(2)3;1-7-3-5-8(2)6-4-7;1-3-5-6-4-2/h6-14H,2,4,15H2,1,3,5H3,(H,24,26);7-8H,3-6H2,1-2H3;3-6H2,1-2H3/b7-6-,12-9-,20-8+;;. The maximum absolute atomic E-state index is 13.8. The molecule has 1 aromatic rings. The second-order valence-corrected chi connectivity index (χ2v) is 11.3. The predicted molar refractivity (Wildman–Crippen MR) is 180 cm³/mol. The fourth-order valence-corrected chi connectivity index (χ4v) is 4.25. The van der Waals surface area contributed by atoms with E-state index in [1.54, 1.807) is 24.4 Å². The van der Waals surface area contributed by atoms with Crippen LogP contribution in [0.25, 0.3) is 5.57 Å². The zero-order chi connectivity index (χ0) is 30.6. The lowest BCUT2D eigenvalue weighted by Gasteiger charge is -2.24. The summed E-state index contributed by atoms with van der Waals surface area (Å²) in [4.78, 5) is 10.9. The lowest BCUT2D eigenvalue weighted by atomic mass is 9.84. The lowest BCUT2D eigenvalue weighted by Crippen LogP contribution is -2.29. The molecule has 0 unspecified atom stereocenters. The number of rotatable bonds is 10. The van der Waals surface area contributed by atoms with E-state index in [2.05, 4.69) is 61.0 Å². The Morgan fingerprint density at radius 2 is 1.68 bits per heavy atom. The van der Waals surface area contributed by atoms with Crippen LogP contribution in [0, 0.1) is 11.8 Å². The third-order valence-electron chi connectivity index (χ3n) is 7.07. The molecule has 5 heteroatoms. The van der Waals surface area contributed by atoms with Gasteiger partial charge >= 0.3 is 0 Å². The lowest BCUT2D eigenvalue weighted by molar-refractivity contribution is 0.308. The van der Waals surface area contributed by atoms with E-state index in [-0.39, 0.29) is 5.70 Å². The molecule has 0 atom stereocenters. The van der Waals surface area contributed by atoms with Gasteiger partial charge in [-0.25, -0.2) is 14.4 Å². The highest BCUT2D eigenvalue weighted by Gasteiger charge is 2.14. The summed E-state index contributed by atoms with van der Waals surface area (Å²) in [6.07, 6.45) is 23.6. The number of aliphatic imine (C=N–C) groups is 1. The second-order valence-electron chi connectivity index (χ2n) is 11.3. The van der Waals surface area contributed by atoms with Gasteiger partial charge in [0.2, 0.25) is 0 Å². The van der Waals surface area contributed by atoms with Crippen molar-refractivity contribution < 1.29 is 4.39 Å². The number of nitrogens with one attached hydrogen (secondary N) is 1. The first-order chi connectivity index (χ1) is 19.6. The van der Waals surface area contributed by atoms with Crippen LogP contribution < -0.4 is 5.32 Å². The molecule has 0 amide bonds. The topological polar surface area (TPSA) is 40.5 Å². The first-order valence-electron chi connectivity index (χ1n) is 15.3. The van der Waals surface area contributed by atoms with Gasteiger partial charge in [-0.1, -0.05) is 116 Å². The van der Waals surface area contributed by atoms with Gasteiger partial charge in [-0.15, -0.1) is 0 Å². The third kappa shape index (κ3) is 15.4. The summed E-state index contributed by atoms with van der Waals surface area (Å²) in [6, 6.07) is 3.73. The smallest absolute Gasteiger partial charge is 0.146 e. The van der Waals surface area contributed by atoms with Crippen LogP contribution in [-0.4, -0.2) is 29.3 Å². The molecule has 0 aromatic carbocycles. The Labute approximate surface area is 250 Å². The van der Waals surface area contributed by atoms with Gasteiger partial charge in [0.1, 0.15) is 17.5 Å². The Bertz CT molecular complexity index is 1050.